The van der Waals surface area contributed by atoms with E-state index in [-0.39, 0.29) is 19.1 Å². The second kappa shape index (κ2) is 7.68. The third kappa shape index (κ3) is 4.73. The van der Waals surface area contributed by atoms with E-state index in [1.54, 1.807) is 24.3 Å². The van der Waals surface area contributed by atoms with Crippen molar-refractivity contribution in [1.29, 1.82) is 0 Å². The van der Waals surface area contributed by atoms with Crippen molar-refractivity contribution in [2.24, 2.45) is 0 Å². The van der Waals surface area contributed by atoms with Gasteiger partial charge in [-0.25, -0.2) is 4.79 Å². The Labute approximate surface area is 106 Å². The first-order valence-corrected chi connectivity index (χ1v) is 5.97. The standard InChI is InChI=1S/C13H19NO4/c1-2-6-18-13(17)10-4-3-5-11(7-10)14-8-12(16)9-15/h3-5,7,12,14-16H,2,6,8-9H2,1H3. The minimum absolute atomic E-state index is 0.226. The molecule has 0 fully saturated rings. The molecule has 1 aromatic rings. The van der Waals surface area contributed by atoms with E-state index in [0.29, 0.717) is 17.9 Å². The number of esters is 1. The molecule has 0 saturated heterocycles. The van der Waals surface area contributed by atoms with Crippen LogP contribution in [0, 0.1) is 0 Å². The van der Waals surface area contributed by atoms with Gasteiger partial charge >= 0.3 is 5.97 Å². The van der Waals surface area contributed by atoms with Crippen LogP contribution in [0.25, 0.3) is 0 Å². The van der Waals surface area contributed by atoms with Gasteiger partial charge in [0.2, 0.25) is 0 Å². The fraction of sp³-hybridized carbons (Fsp3) is 0.462. The quantitative estimate of drug-likeness (QED) is 0.632. The van der Waals surface area contributed by atoms with Crippen molar-refractivity contribution in [3.63, 3.8) is 0 Å². The Kier molecular flexibility index (Phi) is 6.18. The maximum atomic E-state index is 11.6. The third-order valence-corrected chi connectivity index (χ3v) is 2.29. The van der Waals surface area contributed by atoms with Crippen LogP contribution in [-0.2, 0) is 4.74 Å². The lowest BCUT2D eigenvalue weighted by Crippen LogP contribution is -2.23. The minimum atomic E-state index is -0.819. The number of carbonyl (C=O) groups is 1. The molecule has 0 aliphatic rings. The van der Waals surface area contributed by atoms with Gasteiger partial charge in [0.15, 0.2) is 0 Å². The zero-order chi connectivity index (χ0) is 13.4. The molecule has 18 heavy (non-hydrogen) atoms. The van der Waals surface area contributed by atoms with Crippen LogP contribution in [0.1, 0.15) is 23.7 Å². The molecular weight excluding hydrogens is 234 g/mol. The summed E-state index contributed by atoms with van der Waals surface area (Å²) < 4.78 is 5.02. The molecule has 0 radical (unpaired) electrons. The zero-order valence-corrected chi connectivity index (χ0v) is 10.4. The van der Waals surface area contributed by atoms with Gasteiger partial charge in [-0.3, -0.25) is 0 Å². The van der Waals surface area contributed by atoms with Gasteiger partial charge in [-0.1, -0.05) is 13.0 Å². The molecule has 1 atom stereocenters. The minimum Gasteiger partial charge on any atom is -0.462 e. The van der Waals surface area contributed by atoms with E-state index in [0.717, 1.165) is 6.42 Å². The molecule has 0 aliphatic heterocycles. The highest BCUT2D eigenvalue weighted by Crippen LogP contribution is 2.11. The van der Waals surface area contributed by atoms with E-state index in [1.807, 2.05) is 6.92 Å². The fourth-order valence-corrected chi connectivity index (χ4v) is 1.33. The van der Waals surface area contributed by atoms with Gasteiger partial charge in [-0.05, 0) is 24.6 Å². The second-order valence-corrected chi connectivity index (χ2v) is 3.93. The predicted molar refractivity (Wildman–Crippen MR) is 68.6 cm³/mol. The van der Waals surface area contributed by atoms with E-state index >= 15 is 0 Å². The second-order valence-electron chi connectivity index (χ2n) is 3.93. The summed E-state index contributed by atoms with van der Waals surface area (Å²) in [6.45, 7) is 2.26. The van der Waals surface area contributed by atoms with Crippen LogP contribution >= 0.6 is 0 Å². The van der Waals surface area contributed by atoms with Crippen molar-refractivity contribution in [3.8, 4) is 0 Å². The number of anilines is 1. The molecule has 3 N–H and O–H groups in total. The number of aliphatic hydroxyl groups is 2. The van der Waals surface area contributed by atoms with Crippen molar-refractivity contribution in [2.45, 2.75) is 19.4 Å². The molecule has 0 bridgehead atoms. The maximum absolute atomic E-state index is 11.6. The highest BCUT2D eigenvalue weighted by molar-refractivity contribution is 5.90. The number of hydrogen-bond donors (Lipinski definition) is 3. The number of ether oxygens (including phenoxy) is 1. The van der Waals surface area contributed by atoms with Crippen LogP contribution in [0.4, 0.5) is 5.69 Å². The van der Waals surface area contributed by atoms with Crippen molar-refractivity contribution in [1.82, 2.24) is 0 Å². The normalized spacial score (nSPS) is 11.9. The number of carbonyl (C=O) groups excluding carboxylic acids is 1. The summed E-state index contributed by atoms with van der Waals surface area (Å²) in [5.74, 6) is -0.358. The van der Waals surface area contributed by atoms with E-state index in [2.05, 4.69) is 5.32 Å². The lowest BCUT2D eigenvalue weighted by molar-refractivity contribution is 0.0505. The largest absolute Gasteiger partial charge is 0.462 e. The van der Waals surface area contributed by atoms with Crippen molar-refractivity contribution in [2.75, 3.05) is 25.1 Å². The van der Waals surface area contributed by atoms with Gasteiger partial charge in [-0.2, -0.15) is 0 Å². The van der Waals surface area contributed by atoms with Crippen LogP contribution in [0.15, 0.2) is 24.3 Å². The molecule has 5 heteroatoms. The lowest BCUT2D eigenvalue weighted by atomic mass is 10.2. The Bertz CT molecular complexity index is 381. The van der Waals surface area contributed by atoms with Crippen molar-refractivity contribution < 1.29 is 19.7 Å². The number of aliphatic hydroxyl groups excluding tert-OH is 2. The average molecular weight is 253 g/mol. The summed E-state index contributed by atoms with van der Waals surface area (Å²) in [4.78, 5) is 11.6. The lowest BCUT2D eigenvalue weighted by Gasteiger charge is -2.11. The molecule has 0 amide bonds. The van der Waals surface area contributed by atoms with E-state index in [4.69, 9.17) is 9.84 Å². The van der Waals surface area contributed by atoms with Crippen LogP contribution < -0.4 is 5.32 Å². The predicted octanol–water partition coefficient (Wildman–Crippen LogP) is 1.02. The number of benzene rings is 1. The molecule has 0 saturated carbocycles. The van der Waals surface area contributed by atoms with E-state index < -0.39 is 6.10 Å². The van der Waals surface area contributed by atoms with Crippen LogP contribution in [0.3, 0.4) is 0 Å². The number of nitrogens with one attached hydrogen (secondary N) is 1. The summed E-state index contributed by atoms with van der Waals surface area (Å²) in [5.41, 5.74) is 1.17. The van der Waals surface area contributed by atoms with Gasteiger partial charge in [0.05, 0.1) is 24.9 Å². The molecule has 0 aliphatic carbocycles. The Morgan fingerprint density at radius 2 is 2.28 bits per heavy atom. The highest BCUT2D eigenvalue weighted by atomic mass is 16.5. The SMILES string of the molecule is CCCOC(=O)c1cccc(NCC(O)CO)c1. The van der Waals surface area contributed by atoms with Crippen LogP contribution in [0.2, 0.25) is 0 Å². The first kappa shape index (κ1) is 14.5. The van der Waals surface area contributed by atoms with Crippen molar-refractivity contribution in [3.05, 3.63) is 29.8 Å². The van der Waals surface area contributed by atoms with Gasteiger partial charge in [0, 0.05) is 12.2 Å². The topological polar surface area (TPSA) is 78.8 Å². The Morgan fingerprint density at radius 3 is 2.94 bits per heavy atom. The van der Waals surface area contributed by atoms with Gasteiger partial charge in [-0.15, -0.1) is 0 Å². The molecule has 0 aromatic heterocycles. The smallest absolute Gasteiger partial charge is 0.338 e. The van der Waals surface area contributed by atoms with E-state index in [1.165, 1.54) is 0 Å². The molecular formula is C13H19NO4. The fourth-order valence-electron chi connectivity index (χ4n) is 1.33. The van der Waals surface area contributed by atoms with Crippen LogP contribution in [-0.4, -0.2) is 42.0 Å². The van der Waals surface area contributed by atoms with Crippen LogP contribution in [0.5, 0.6) is 0 Å². The molecule has 0 spiro atoms. The summed E-state index contributed by atoms with van der Waals surface area (Å²) in [5, 5.41) is 20.8. The Hall–Kier alpha value is -1.59. The molecule has 1 aromatic carbocycles. The van der Waals surface area contributed by atoms with Gasteiger partial charge < -0.3 is 20.3 Å². The average Bonchev–Trinajstić information content (AvgIpc) is 2.42. The highest BCUT2D eigenvalue weighted by Gasteiger charge is 2.07. The van der Waals surface area contributed by atoms with Crippen molar-refractivity contribution >= 4 is 11.7 Å². The summed E-state index contributed by atoms with van der Waals surface area (Å²) in [6, 6.07) is 6.84. The summed E-state index contributed by atoms with van der Waals surface area (Å²) >= 11 is 0. The number of rotatable bonds is 7. The zero-order valence-electron chi connectivity index (χ0n) is 10.4. The third-order valence-electron chi connectivity index (χ3n) is 2.29. The number of hydrogen-bond acceptors (Lipinski definition) is 5. The molecule has 1 rings (SSSR count). The maximum Gasteiger partial charge on any atom is 0.338 e. The summed E-state index contributed by atoms with van der Waals surface area (Å²) in [6.07, 6.45) is -0.0347. The molecule has 5 nitrogen and oxygen atoms in total. The van der Waals surface area contributed by atoms with Gasteiger partial charge in [0.25, 0.3) is 0 Å². The van der Waals surface area contributed by atoms with E-state index in [9.17, 15) is 9.90 Å². The monoisotopic (exact) mass is 253 g/mol. The molecule has 1 unspecified atom stereocenters. The van der Waals surface area contributed by atoms with Gasteiger partial charge in [0.1, 0.15) is 0 Å². The Balaban J connectivity index is 2.58. The first-order chi connectivity index (χ1) is 8.67. The molecule has 100 valence electrons. The molecule has 0 heterocycles. The first-order valence-electron chi connectivity index (χ1n) is 5.97. The Morgan fingerprint density at radius 1 is 1.50 bits per heavy atom. The summed E-state index contributed by atoms with van der Waals surface area (Å²) in [7, 11) is 0.